The van der Waals surface area contributed by atoms with Crippen LogP contribution < -0.4 is 5.56 Å². The number of aromatic nitrogens is 1. The zero-order valence-corrected chi connectivity index (χ0v) is 8.20. The third kappa shape index (κ3) is 1.62. The highest BCUT2D eigenvalue weighted by Gasteiger charge is 2.16. The van der Waals surface area contributed by atoms with Gasteiger partial charge < -0.3 is 10.2 Å². The fraction of sp³-hybridized carbons (Fsp3) is 0.0909. The van der Waals surface area contributed by atoms with E-state index in [0.29, 0.717) is 10.9 Å². The fourth-order valence-electron chi connectivity index (χ4n) is 1.53. The lowest BCUT2D eigenvalue weighted by atomic mass is 10.2. The molecule has 0 saturated carbocycles. The zero-order chi connectivity index (χ0) is 11.7. The molecule has 16 heavy (non-hydrogen) atoms. The first-order chi connectivity index (χ1) is 7.61. The number of para-hydroxylation sites is 1. The number of nitrogens with zero attached hydrogens (tertiary/aromatic N) is 1. The molecule has 0 amide bonds. The van der Waals surface area contributed by atoms with Gasteiger partial charge in [-0.15, -0.1) is 0 Å². The van der Waals surface area contributed by atoms with Gasteiger partial charge in [-0.3, -0.25) is 9.59 Å². The number of hydrogen-bond donors (Lipinski definition) is 2. The van der Waals surface area contributed by atoms with Crippen LogP contribution in [0.3, 0.4) is 0 Å². The summed E-state index contributed by atoms with van der Waals surface area (Å²) in [5.41, 5.74) is -0.232. The highest BCUT2D eigenvalue weighted by atomic mass is 16.5. The molecule has 2 N–H and O–H groups in total. The molecule has 0 bridgehead atoms. The van der Waals surface area contributed by atoms with E-state index in [1.165, 1.54) is 6.07 Å². The van der Waals surface area contributed by atoms with Crippen LogP contribution in [0.1, 0.15) is 4.79 Å². The summed E-state index contributed by atoms with van der Waals surface area (Å²) in [6.07, 6.45) is -2.19. The van der Waals surface area contributed by atoms with Gasteiger partial charge >= 0.3 is 0 Å². The summed E-state index contributed by atoms with van der Waals surface area (Å²) >= 11 is 0. The van der Waals surface area contributed by atoms with Crippen LogP contribution >= 0.6 is 0 Å². The number of benzene rings is 1. The molecular formula is C11H9NO4. The Kier molecular flexibility index (Phi) is 2.55. The first-order valence-corrected chi connectivity index (χ1v) is 4.62. The lowest BCUT2D eigenvalue weighted by Crippen LogP contribution is -2.34. The smallest absolute Gasteiger partial charge is 0.290 e. The van der Waals surface area contributed by atoms with Crippen molar-refractivity contribution in [2.24, 2.45) is 0 Å². The molecular weight excluding hydrogens is 210 g/mol. The minimum Gasteiger partial charge on any atom is -0.361 e. The highest BCUT2D eigenvalue weighted by Crippen LogP contribution is 2.10. The van der Waals surface area contributed by atoms with Crippen LogP contribution in [0.2, 0.25) is 0 Å². The normalized spacial score (nSPS) is 10.9. The summed E-state index contributed by atoms with van der Waals surface area (Å²) in [7, 11) is 0. The van der Waals surface area contributed by atoms with Crippen molar-refractivity contribution < 1.29 is 15.0 Å². The zero-order valence-electron chi connectivity index (χ0n) is 8.20. The minimum absolute atomic E-state index is 0.355. The van der Waals surface area contributed by atoms with E-state index >= 15 is 0 Å². The molecule has 2 rings (SSSR count). The van der Waals surface area contributed by atoms with Gasteiger partial charge in [0, 0.05) is 6.07 Å². The number of hydrogen-bond acceptors (Lipinski definition) is 4. The van der Waals surface area contributed by atoms with Gasteiger partial charge in [-0.05, 0) is 17.5 Å². The Morgan fingerprint density at radius 2 is 1.81 bits per heavy atom. The molecule has 0 fully saturated rings. The Hall–Kier alpha value is -1.98. The Bertz CT molecular complexity index is 600. The van der Waals surface area contributed by atoms with Gasteiger partial charge in [0.1, 0.15) is 0 Å². The van der Waals surface area contributed by atoms with Crippen LogP contribution in [-0.2, 0) is 0 Å². The average molecular weight is 219 g/mol. The van der Waals surface area contributed by atoms with Crippen molar-refractivity contribution in [1.82, 2.24) is 4.57 Å². The van der Waals surface area contributed by atoms with Crippen LogP contribution in [-0.4, -0.2) is 27.0 Å². The van der Waals surface area contributed by atoms with Crippen molar-refractivity contribution in [2.45, 2.75) is 6.29 Å². The molecule has 82 valence electrons. The van der Waals surface area contributed by atoms with Gasteiger partial charge in [0.05, 0.1) is 5.52 Å². The first kappa shape index (κ1) is 10.5. The van der Waals surface area contributed by atoms with Crippen molar-refractivity contribution in [3.63, 3.8) is 0 Å². The van der Waals surface area contributed by atoms with Gasteiger partial charge in [-0.2, -0.15) is 0 Å². The first-order valence-electron chi connectivity index (χ1n) is 4.62. The van der Waals surface area contributed by atoms with E-state index in [1.807, 2.05) is 0 Å². The molecule has 1 aromatic heterocycles. The van der Waals surface area contributed by atoms with Gasteiger partial charge in [0.25, 0.3) is 11.5 Å². The summed E-state index contributed by atoms with van der Waals surface area (Å²) in [5, 5.41) is 18.3. The Balaban J connectivity index is 2.81. The third-order valence-electron chi connectivity index (χ3n) is 2.24. The Morgan fingerprint density at radius 1 is 1.12 bits per heavy atom. The molecule has 5 nitrogen and oxygen atoms in total. The van der Waals surface area contributed by atoms with E-state index in [4.69, 9.17) is 10.2 Å². The number of rotatable bonds is 1. The number of aliphatic hydroxyl groups is 2. The molecule has 0 aliphatic carbocycles. The number of aliphatic hydroxyl groups excluding tert-OH is 1. The molecule has 0 spiro atoms. The molecule has 0 atom stereocenters. The van der Waals surface area contributed by atoms with Crippen LogP contribution in [0.5, 0.6) is 0 Å². The number of fused-ring (bicyclic) bond motifs is 1. The van der Waals surface area contributed by atoms with Crippen molar-refractivity contribution >= 4 is 16.8 Å². The number of carbonyl (C=O) groups excluding carboxylic acids is 1. The molecule has 0 unspecified atom stereocenters. The average Bonchev–Trinajstić information content (AvgIpc) is 2.28. The SMILES string of the molecule is O=C(C(O)O)n1c(=O)ccc2ccccc21. The van der Waals surface area contributed by atoms with Crippen molar-refractivity contribution in [3.8, 4) is 0 Å². The van der Waals surface area contributed by atoms with E-state index in [1.54, 1.807) is 30.3 Å². The van der Waals surface area contributed by atoms with Crippen LogP contribution in [0.25, 0.3) is 10.9 Å². The molecule has 0 radical (unpaired) electrons. The molecule has 0 saturated heterocycles. The lowest BCUT2D eigenvalue weighted by molar-refractivity contribution is -0.0262. The molecule has 1 heterocycles. The monoisotopic (exact) mass is 219 g/mol. The number of pyridine rings is 1. The second-order valence-electron chi connectivity index (χ2n) is 3.28. The van der Waals surface area contributed by atoms with Crippen molar-refractivity contribution in [2.75, 3.05) is 0 Å². The third-order valence-corrected chi connectivity index (χ3v) is 2.24. The van der Waals surface area contributed by atoms with Gasteiger partial charge in [0.2, 0.25) is 6.29 Å². The fourth-order valence-corrected chi connectivity index (χ4v) is 1.53. The summed E-state index contributed by atoms with van der Waals surface area (Å²) in [4.78, 5) is 22.9. The van der Waals surface area contributed by atoms with E-state index in [0.717, 1.165) is 4.57 Å². The number of carbonyl (C=O) groups is 1. The lowest BCUT2D eigenvalue weighted by Gasteiger charge is -2.09. The second-order valence-corrected chi connectivity index (χ2v) is 3.28. The molecule has 0 aliphatic rings. The van der Waals surface area contributed by atoms with Gasteiger partial charge in [-0.1, -0.05) is 18.2 Å². The summed E-state index contributed by atoms with van der Waals surface area (Å²) in [5.74, 6) is -1.05. The van der Waals surface area contributed by atoms with Crippen molar-refractivity contribution in [3.05, 3.63) is 46.8 Å². The summed E-state index contributed by atoms with van der Waals surface area (Å²) in [6.45, 7) is 0. The van der Waals surface area contributed by atoms with E-state index in [9.17, 15) is 9.59 Å². The van der Waals surface area contributed by atoms with Crippen molar-refractivity contribution in [1.29, 1.82) is 0 Å². The summed E-state index contributed by atoms with van der Waals surface area (Å²) < 4.78 is 0.750. The standard InChI is InChI=1S/C11H9NO4/c13-9-6-5-7-3-1-2-4-8(7)12(9)10(14)11(15)16/h1-6,11,15-16H. The van der Waals surface area contributed by atoms with Crippen LogP contribution in [0, 0.1) is 0 Å². The van der Waals surface area contributed by atoms with Crippen LogP contribution in [0.15, 0.2) is 41.2 Å². The van der Waals surface area contributed by atoms with E-state index < -0.39 is 17.8 Å². The highest BCUT2D eigenvalue weighted by molar-refractivity contribution is 5.92. The predicted octanol–water partition coefficient (Wildman–Crippen LogP) is -0.0476. The van der Waals surface area contributed by atoms with Crippen LogP contribution in [0.4, 0.5) is 0 Å². The molecule has 2 aromatic rings. The maximum atomic E-state index is 11.5. The topological polar surface area (TPSA) is 79.5 Å². The quantitative estimate of drug-likeness (QED) is 0.659. The largest absolute Gasteiger partial charge is 0.361 e. The van der Waals surface area contributed by atoms with Gasteiger partial charge in [-0.25, -0.2) is 4.57 Å². The minimum atomic E-state index is -2.19. The van der Waals surface area contributed by atoms with Gasteiger partial charge in [0.15, 0.2) is 0 Å². The maximum Gasteiger partial charge on any atom is 0.290 e. The molecule has 1 aromatic carbocycles. The molecule has 0 aliphatic heterocycles. The molecule has 5 heteroatoms. The predicted molar refractivity (Wildman–Crippen MR) is 57.1 cm³/mol. The van der Waals surface area contributed by atoms with E-state index in [-0.39, 0.29) is 0 Å². The van der Waals surface area contributed by atoms with E-state index in [2.05, 4.69) is 0 Å². The second kappa shape index (κ2) is 3.88. The maximum absolute atomic E-state index is 11.5. The Labute approximate surface area is 90.2 Å². The Morgan fingerprint density at radius 3 is 2.50 bits per heavy atom. The summed E-state index contributed by atoms with van der Waals surface area (Å²) in [6, 6.07) is 9.50.